The first-order valence-corrected chi connectivity index (χ1v) is 31.1. The Labute approximate surface area is 500 Å². The van der Waals surface area contributed by atoms with Gasteiger partial charge in [-0.3, -0.25) is 0 Å². The third kappa shape index (κ3) is 17.3. The van der Waals surface area contributed by atoms with Crippen LogP contribution in [0.4, 0.5) is 0 Å². The molecule has 7 aromatic rings. The lowest BCUT2D eigenvalue weighted by molar-refractivity contribution is 0.293. The number of ether oxygens (including phenoxy) is 4. The fraction of sp³-hybridized carbons (Fsp3) is 0.397. The second kappa shape index (κ2) is 31.5. The standard InChI is InChI=1S/C73H91N7O4/c1-8-9-10-11-12-13-14-15-19-50-81-58-31-23-54(24-32-58)70-62-39-41-64(74-62)71(55-25-33-59(34-26-55)82-51-20-16-47-78(2)3)66-43-45-68(76-66)73(57-29-37-61(38-30-57)84-53-22-18-49-80(6)7)69-46-44-67(77-69)72(65-42-40-63(70)75-65)56-27-35-60(36-28-56)83-52-21-17-48-79(4)5/h23-46,74,77H,8-22,47-53H2,1-7H3. The maximum atomic E-state index is 6.37. The van der Waals surface area contributed by atoms with E-state index in [1.807, 2.05) is 0 Å². The van der Waals surface area contributed by atoms with Crippen LogP contribution in [0.25, 0.3) is 90.9 Å². The SMILES string of the molecule is CCCCCCCCCCCOc1ccc(-c2c3nc(c(-c4ccc(OCCCCN(C)C)cc4)c4ccc([nH]4)c(-c4ccc(OCCCCN(C)C)cc4)c4nc(c(-c5ccc(OCCCCN(C)C)cc5)c5ccc2[nH]5)C=C4)C=C3)cc1. The van der Waals surface area contributed by atoms with Crippen LogP contribution in [-0.2, 0) is 0 Å². The lowest BCUT2D eigenvalue weighted by atomic mass is 10.0. The lowest BCUT2D eigenvalue weighted by Gasteiger charge is -2.11. The molecule has 4 aromatic carbocycles. The van der Waals surface area contributed by atoms with Gasteiger partial charge in [-0.05, 0) is 226 Å². The Kier molecular flexibility index (Phi) is 22.9. The summed E-state index contributed by atoms with van der Waals surface area (Å²) in [5.41, 5.74) is 15.2. The summed E-state index contributed by atoms with van der Waals surface area (Å²) in [5, 5.41) is 0. The number of fused-ring (bicyclic) bond motifs is 8. The molecule has 2 aliphatic heterocycles. The molecule has 442 valence electrons. The van der Waals surface area contributed by atoms with E-state index >= 15 is 0 Å². The van der Waals surface area contributed by atoms with Gasteiger partial charge >= 0.3 is 0 Å². The molecule has 9 rings (SSSR count). The predicted octanol–water partition coefficient (Wildman–Crippen LogP) is 17.4. The van der Waals surface area contributed by atoms with E-state index in [4.69, 9.17) is 28.9 Å². The molecule has 0 saturated heterocycles. The maximum absolute atomic E-state index is 6.37. The zero-order valence-electron chi connectivity index (χ0n) is 51.3. The first-order valence-electron chi connectivity index (χ1n) is 31.1. The Hall–Kier alpha value is -7.44. The molecule has 11 nitrogen and oxygen atoms in total. The fourth-order valence-electron chi connectivity index (χ4n) is 11.1. The van der Waals surface area contributed by atoms with Gasteiger partial charge in [0.25, 0.3) is 0 Å². The van der Waals surface area contributed by atoms with E-state index in [1.165, 1.54) is 51.4 Å². The van der Waals surface area contributed by atoms with Gasteiger partial charge < -0.3 is 43.6 Å². The highest BCUT2D eigenvalue weighted by molar-refractivity contribution is 6.00. The first-order chi connectivity index (χ1) is 41.1. The van der Waals surface area contributed by atoms with Gasteiger partial charge in [0, 0.05) is 44.3 Å². The molecule has 0 atom stereocenters. The summed E-state index contributed by atoms with van der Waals surface area (Å²) in [6.45, 7) is 8.11. The smallest absolute Gasteiger partial charge is 0.119 e. The predicted molar refractivity (Wildman–Crippen MR) is 353 cm³/mol. The summed E-state index contributed by atoms with van der Waals surface area (Å²) in [7, 11) is 12.7. The number of rotatable bonds is 33. The molecule has 0 unspecified atom stereocenters. The molecule has 8 bridgehead atoms. The third-order valence-electron chi connectivity index (χ3n) is 15.6. The molecule has 0 saturated carbocycles. The van der Waals surface area contributed by atoms with E-state index in [0.29, 0.717) is 26.4 Å². The molecular formula is C73H91N7O4. The molecule has 0 fully saturated rings. The Morgan fingerprint density at radius 2 is 0.536 bits per heavy atom. The molecule has 5 heterocycles. The van der Waals surface area contributed by atoms with Crippen LogP contribution in [0.5, 0.6) is 23.0 Å². The largest absolute Gasteiger partial charge is 0.494 e. The number of aromatic amines is 2. The molecule has 3 aromatic heterocycles. The Morgan fingerprint density at radius 1 is 0.298 bits per heavy atom. The minimum atomic E-state index is 0.667. The molecule has 2 N–H and O–H groups in total. The highest BCUT2D eigenvalue weighted by Gasteiger charge is 2.20. The van der Waals surface area contributed by atoms with Crippen molar-refractivity contribution in [1.82, 2.24) is 34.6 Å². The van der Waals surface area contributed by atoms with Crippen LogP contribution in [0.2, 0.25) is 0 Å². The van der Waals surface area contributed by atoms with Crippen molar-refractivity contribution in [2.45, 2.75) is 103 Å². The van der Waals surface area contributed by atoms with Crippen molar-refractivity contribution < 1.29 is 18.9 Å². The number of unbranched alkanes of at least 4 members (excludes halogenated alkanes) is 11. The average molecular weight is 1130 g/mol. The summed E-state index contributed by atoms with van der Waals surface area (Å²) in [6, 6.07) is 42.7. The molecule has 84 heavy (non-hydrogen) atoms. The van der Waals surface area contributed by atoms with Crippen molar-refractivity contribution in [3.05, 3.63) is 144 Å². The summed E-state index contributed by atoms with van der Waals surface area (Å²) in [4.78, 5) is 25.7. The molecule has 0 aliphatic carbocycles. The van der Waals surface area contributed by atoms with Crippen molar-refractivity contribution >= 4 is 46.4 Å². The molecular weight excluding hydrogens is 1040 g/mol. The van der Waals surface area contributed by atoms with E-state index in [0.717, 1.165) is 177 Å². The minimum absolute atomic E-state index is 0.667. The number of benzene rings is 4. The highest BCUT2D eigenvalue weighted by Crippen LogP contribution is 2.40. The van der Waals surface area contributed by atoms with Gasteiger partial charge in [0.1, 0.15) is 23.0 Å². The van der Waals surface area contributed by atoms with Gasteiger partial charge in [0.15, 0.2) is 0 Å². The maximum Gasteiger partial charge on any atom is 0.119 e. The quantitative estimate of drug-likeness (QED) is 0.0389. The monoisotopic (exact) mass is 1130 g/mol. The van der Waals surface area contributed by atoms with Crippen molar-refractivity contribution in [3.8, 4) is 67.5 Å². The molecule has 0 amide bonds. The van der Waals surface area contributed by atoms with Crippen LogP contribution >= 0.6 is 0 Å². The first kappa shape index (κ1) is 61.1. The summed E-state index contributed by atoms with van der Waals surface area (Å²) in [5.74, 6) is 3.41. The van der Waals surface area contributed by atoms with Crippen LogP contribution in [0.1, 0.15) is 126 Å². The fourth-order valence-corrected chi connectivity index (χ4v) is 11.1. The number of H-pyrrole nitrogens is 2. The van der Waals surface area contributed by atoms with E-state index < -0.39 is 0 Å². The van der Waals surface area contributed by atoms with Crippen molar-refractivity contribution in [2.75, 3.05) is 88.3 Å². The summed E-state index contributed by atoms with van der Waals surface area (Å²) < 4.78 is 25.2. The van der Waals surface area contributed by atoms with Crippen LogP contribution in [0, 0.1) is 0 Å². The average Bonchev–Trinajstić information content (AvgIpc) is 2.98. The van der Waals surface area contributed by atoms with Crippen LogP contribution in [-0.4, -0.2) is 123 Å². The Balaban J connectivity index is 1.16. The number of aromatic nitrogens is 4. The molecule has 2 aliphatic rings. The third-order valence-corrected chi connectivity index (χ3v) is 15.6. The molecule has 11 heteroatoms. The van der Waals surface area contributed by atoms with Gasteiger partial charge in [-0.15, -0.1) is 0 Å². The van der Waals surface area contributed by atoms with Crippen LogP contribution in [0.3, 0.4) is 0 Å². The van der Waals surface area contributed by atoms with Crippen LogP contribution < -0.4 is 18.9 Å². The van der Waals surface area contributed by atoms with Gasteiger partial charge in [0.05, 0.1) is 49.2 Å². The van der Waals surface area contributed by atoms with Gasteiger partial charge in [0.2, 0.25) is 0 Å². The van der Waals surface area contributed by atoms with Gasteiger partial charge in [-0.1, -0.05) is 107 Å². The Bertz CT molecular complexity index is 3330. The topological polar surface area (TPSA) is 104 Å². The summed E-state index contributed by atoms with van der Waals surface area (Å²) >= 11 is 0. The molecule has 0 spiro atoms. The van der Waals surface area contributed by atoms with Crippen molar-refractivity contribution in [2.24, 2.45) is 0 Å². The van der Waals surface area contributed by atoms with E-state index in [-0.39, 0.29) is 0 Å². The van der Waals surface area contributed by atoms with Crippen molar-refractivity contribution in [3.63, 3.8) is 0 Å². The highest BCUT2D eigenvalue weighted by atomic mass is 16.5. The summed E-state index contributed by atoms with van der Waals surface area (Å²) in [6.07, 6.45) is 26.4. The van der Waals surface area contributed by atoms with Gasteiger partial charge in [-0.25, -0.2) is 9.97 Å². The zero-order valence-corrected chi connectivity index (χ0v) is 51.3. The van der Waals surface area contributed by atoms with E-state index in [9.17, 15) is 0 Å². The number of hydrogen-bond acceptors (Lipinski definition) is 9. The van der Waals surface area contributed by atoms with E-state index in [2.05, 4.69) is 220 Å². The Morgan fingerprint density at radius 3 is 0.786 bits per heavy atom. The number of nitrogens with one attached hydrogen (secondary N) is 2. The van der Waals surface area contributed by atoms with Crippen LogP contribution in [0.15, 0.2) is 121 Å². The second-order valence-corrected chi connectivity index (χ2v) is 23.4. The van der Waals surface area contributed by atoms with E-state index in [1.54, 1.807) is 0 Å². The normalized spacial score (nSPS) is 12.1. The van der Waals surface area contributed by atoms with Gasteiger partial charge in [-0.2, -0.15) is 0 Å². The second-order valence-electron chi connectivity index (χ2n) is 23.4. The lowest BCUT2D eigenvalue weighted by Crippen LogP contribution is -2.13. The van der Waals surface area contributed by atoms with Crippen molar-refractivity contribution in [1.29, 1.82) is 0 Å². The number of hydrogen-bond donors (Lipinski definition) is 2. The molecule has 0 radical (unpaired) electrons. The zero-order chi connectivity index (χ0) is 58.5. The number of nitrogens with zero attached hydrogens (tertiary/aromatic N) is 5. The minimum Gasteiger partial charge on any atom is -0.494 e.